The van der Waals surface area contributed by atoms with E-state index in [2.05, 4.69) is 4.98 Å². The first-order chi connectivity index (χ1) is 8.50. The largest absolute Gasteiger partial charge is 0.387 e. The first kappa shape index (κ1) is 12.2. The summed E-state index contributed by atoms with van der Waals surface area (Å²) in [7, 11) is 0. The van der Waals surface area contributed by atoms with Crippen molar-refractivity contribution in [1.29, 1.82) is 0 Å². The van der Waals surface area contributed by atoms with E-state index < -0.39 is 11.4 Å². The molecule has 1 N–H and O–H groups in total. The maximum atomic E-state index is 13.8. The van der Waals surface area contributed by atoms with E-state index in [9.17, 15) is 9.50 Å². The SMILES string of the molecule is C[C@@H]1CN(c2ncc(Cl)cc2F)C[C@@]1(O)C1CC1. The van der Waals surface area contributed by atoms with Gasteiger partial charge >= 0.3 is 0 Å². The van der Waals surface area contributed by atoms with Gasteiger partial charge < -0.3 is 10.0 Å². The second-order valence-electron chi connectivity index (χ2n) is 5.51. The van der Waals surface area contributed by atoms with Crippen molar-refractivity contribution in [3.05, 3.63) is 23.1 Å². The maximum absolute atomic E-state index is 13.8. The lowest BCUT2D eigenvalue weighted by Crippen LogP contribution is -2.39. The molecule has 1 saturated heterocycles. The average Bonchev–Trinajstić information content (AvgIpc) is 3.08. The van der Waals surface area contributed by atoms with E-state index in [4.69, 9.17) is 11.6 Å². The molecule has 1 aromatic heterocycles. The zero-order valence-electron chi connectivity index (χ0n) is 10.2. The molecule has 1 saturated carbocycles. The molecule has 18 heavy (non-hydrogen) atoms. The smallest absolute Gasteiger partial charge is 0.167 e. The van der Waals surface area contributed by atoms with Gasteiger partial charge in [0, 0.05) is 25.2 Å². The number of aromatic nitrogens is 1. The van der Waals surface area contributed by atoms with Crippen LogP contribution >= 0.6 is 11.6 Å². The second-order valence-corrected chi connectivity index (χ2v) is 5.94. The molecule has 0 bridgehead atoms. The summed E-state index contributed by atoms with van der Waals surface area (Å²) in [6.07, 6.45) is 3.59. The van der Waals surface area contributed by atoms with E-state index in [1.165, 1.54) is 12.3 Å². The van der Waals surface area contributed by atoms with Gasteiger partial charge in [0.1, 0.15) is 0 Å². The van der Waals surface area contributed by atoms with E-state index in [0.29, 0.717) is 29.8 Å². The van der Waals surface area contributed by atoms with Gasteiger partial charge in [-0.25, -0.2) is 9.37 Å². The quantitative estimate of drug-likeness (QED) is 0.897. The number of nitrogens with zero attached hydrogens (tertiary/aromatic N) is 2. The monoisotopic (exact) mass is 270 g/mol. The zero-order valence-corrected chi connectivity index (χ0v) is 11.0. The van der Waals surface area contributed by atoms with Crippen molar-refractivity contribution < 1.29 is 9.50 Å². The summed E-state index contributed by atoms with van der Waals surface area (Å²) in [5.74, 6) is 0.382. The van der Waals surface area contributed by atoms with E-state index in [1.807, 2.05) is 11.8 Å². The molecule has 2 fully saturated rings. The van der Waals surface area contributed by atoms with E-state index >= 15 is 0 Å². The number of aliphatic hydroxyl groups is 1. The molecule has 2 heterocycles. The lowest BCUT2D eigenvalue weighted by atomic mass is 9.88. The van der Waals surface area contributed by atoms with E-state index in [-0.39, 0.29) is 5.92 Å². The molecule has 0 spiro atoms. The Balaban J connectivity index is 1.86. The number of halogens is 2. The molecule has 0 radical (unpaired) electrons. The van der Waals surface area contributed by atoms with Gasteiger partial charge in [-0.05, 0) is 24.8 Å². The Labute approximate surface area is 111 Å². The van der Waals surface area contributed by atoms with Crippen molar-refractivity contribution in [2.75, 3.05) is 18.0 Å². The number of hydrogen-bond donors (Lipinski definition) is 1. The molecule has 0 aromatic carbocycles. The number of β-amino-alcohol motifs (C(OH)–C–C–N with tert-alkyl or cyclic N) is 1. The van der Waals surface area contributed by atoms with Crippen LogP contribution in [-0.4, -0.2) is 28.8 Å². The van der Waals surface area contributed by atoms with Crippen LogP contribution in [0.15, 0.2) is 12.3 Å². The van der Waals surface area contributed by atoms with Crippen LogP contribution in [0.5, 0.6) is 0 Å². The maximum Gasteiger partial charge on any atom is 0.167 e. The van der Waals surface area contributed by atoms with Gasteiger partial charge in [0.25, 0.3) is 0 Å². The molecular formula is C13H16ClFN2O. The minimum Gasteiger partial charge on any atom is -0.387 e. The third-order valence-corrected chi connectivity index (χ3v) is 4.37. The van der Waals surface area contributed by atoms with E-state index in [1.54, 1.807) is 0 Å². The molecule has 98 valence electrons. The third kappa shape index (κ3) is 1.88. The fourth-order valence-corrected chi connectivity index (χ4v) is 3.08. The molecule has 1 aromatic rings. The highest BCUT2D eigenvalue weighted by Crippen LogP contribution is 2.47. The number of anilines is 1. The van der Waals surface area contributed by atoms with Gasteiger partial charge in [-0.3, -0.25) is 0 Å². The third-order valence-electron chi connectivity index (χ3n) is 4.16. The summed E-state index contributed by atoms with van der Waals surface area (Å²) in [4.78, 5) is 5.88. The standard InChI is InChI=1S/C13H16ClFN2O/c1-8-6-17(7-13(8,18)9-2-3-9)12-11(15)4-10(14)5-16-12/h4-5,8-9,18H,2-3,6-7H2,1H3/t8-,13+/m1/s1. The highest BCUT2D eigenvalue weighted by Gasteiger charge is 2.52. The lowest BCUT2D eigenvalue weighted by Gasteiger charge is -2.26. The van der Waals surface area contributed by atoms with Crippen molar-refractivity contribution in [2.24, 2.45) is 11.8 Å². The summed E-state index contributed by atoms with van der Waals surface area (Å²) < 4.78 is 13.8. The molecule has 3 nitrogen and oxygen atoms in total. The number of pyridine rings is 1. The van der Waals surface area contributed by atoms with E-state index in [0.717, 1.165) is 12.8 Å². The number of rotatable bonds is 2. The van der Waals surface area contributed by atoms with Crippen LogP contribution in [0.25, 0.3) is 0 Å². The minimum absolute atomic E-state index is 0.141. The highest BCUT2D eigenvalue weighted by atomic mass is 35.5. The summed E-state index contributed by atoms with van der Waals surface area (Å²) in [6.45, 7) is 3.12. The Bertz CT molecular complexity index is 480. The predicted octanol–water partition coefficient (Wildman–Crippen LogP) is 2.47. The molecule has 2 atom stereocenters. The van der Waals surface area contributed by atoms with Crippen LogP contribution in [0, 0.1) is 17.7 Å². The van der Waals surface area contributed by atoms with Gasteiger partial charge in [-0.15, -0.1) is 0 Å². The van der Waals surface area contributed by atoms with Gasteiger partial charge in [0.15, 0.2) is 11.6 Å². The normalized spacial score (nSPS) is 32.0. The minimum atomic E-state index is -0.687. The van der Waals surface area contributed by atoms with Gasteiger partial charge in [-0.2, -0.15) is 0 Å². The molecular weight excluding hydrogens is 255 g/mol. The fourth-order valence-electron chi connectivity index (χ4n) is 2.93. The first-order valence-electron chi connectivity index (χ1n) is 6.29. The molecule has 0 amide bonds. The van der Waals surface area contributed by atoms with Crippen LogP contribution in [0.3, 0.4) is 0 Å². The average molecular weight is 271 g/mol. The van der Waals surface area contributed by atoms with Crippen LogP contribution in [-0.2, 0) is 0 Å². The second kappa shape index (κ2) is 4.07. The fraction of sp³-hybridized carbons (Fsp3) is 0.615. The van der Waals surface area contributed by atoms with Crippen molar-refractivity contribution >= 4 is 17.4 Å². The Morgan fingerprint density at radius 2 is 2.28 bits per heavy atom. The Morgan fingerprint density at radius 3 is 2.89 bits per heavy atom. The summed E-state index contributed by atoms with van der Waals surface area (Å²) in [5, 5.41) is 11.0. The molecule has 3 rings (SSSR count). The molecule has 5 heteroatoms. The van der Waals surface area contributed by atoms with Gasteiger partial charge in [0.2, 0.25) is 0 Å². The molecule has 0 unspecified atom stereocenters. The van der Waals surface area contributed by atoms with Crippen molar-refractivity contribution in [3.63, 3.8) is 0 Å². The zero-order chi connectivity index (χ0) is 12.9. The molecule has 2 aliphatic rings. The predicted molar refractivity (Wildman–Crippen MR) is 68.3 cm³/mol. The summed E-state index contributed by atoms with van der Waals surface area (Å²) in [6, 6.07) is 1.27. The van der Waals surface area contributed by atoms with Gasteiger partial charge in [0.05, 0.1) is 10.6 Å². The highest BCUT2D eigenvalue weighted by molar-refractivity contribution is 6.30. The summed E-state index contributed by atoms with van der Waals surface area (Å²) in [5.41, 5.74) is -0.687. The van der Waals surface area contributed by atoms with Crippen LogP contribution < -0.4 is 4.90 Å². The Hall–Kier alpha value is -0.870. The first-order valence-corrected chi connectivity index (χ1v) is 6.67. The van der Waals surface area contributed by atoms with Crippen molar-refractivity contribution in [1.82, 2.24) is 4.98 Å². The summed E-state index contributed by atoms with van der Waals surface area (Å²) >= 11 is 5.70. The van der Waals surface area contributed by atoms with Crippen LogP contribution in [0.1, 0.15) is 19.8 Å². The van der Waals surface area contributed by atoms with Crippen LogP contribution in [0.4, 0.5) is 10.2 Å². The topological polar surface area (TPSA) is 36.4 Å². The molecule has 1 aliphatic heterocycles. The van der Waals surface area contributed by atoms with Crippen molar-refractivity contribution in [2.45, 2.75) is 25.4 Å². The lowest BCUT2D eigenvalue weighted by molar-refractivity contribution is 0.00280. The Kier molecular flexibility index (Phi) is 2.75. The van der Waals surface area contributed by atoms with Crippen molar-refractivity contribution in [3.8, 4) is 0 Å². The van der Waals surface area contributed by atoms with Gasteiger partial charge in [-0.1, -0.05) is 18.5 Å². The number of hydrogen-bond acceptors (Lipinski definition) is 3. The Morgan fingerprint density at radius 1 is 1.56 bits per heavy atom. The molecule has 1 aliphatic carbocycles. The van der Waals surface area contributed by atoms with Crippen LogP contribution in [0.2, 0.25) is 5.02 Å².